The number of carboxylic acids is 1. The minimum absolute atomic E-state index is 0.0486. The lowest BCUT2D eigenvalue weighted by Crippen LogP contribution is -2.26. The molecule has 120 valence electrons. The third-order valence-electron chi connectivity index (χ3n) is 3.54. The van der Waals surface area contributed by atoms with Gasteiger partial charge in [0.05, 0.1) is 21.9 Å². The van der Waals surface area contributed by atoms with E-state index >= 15 is 0 Å². The van der Waals surface area contributed by atoms with Crippen LogP contribution in [0, 0.1) is 13.8 Å². The number of carbonyl (C=O) groups is 1. The topological polar surface area (TPSA) is 93.0 Å². The van der Waals surface area contributed by atoms with Crippen LogP contribution in [-0.4, -0.2) is 37.1 Å². The quantitative estimate of drug-likeness (QED) is 0.861. The molecule has 0 atom stereocenters. The summed E-state index contributed by atoms with van der Waals surface area (Å²) in [6, 6.07) is 1.40. The molecule has 22 heavy (non-hydrogen) atoms. The third kappa shape index (κ3) is 2.85. The normalized spacial score (nSPS) is 18.3. The van der Waals surface area contributed by atoms with Crippen molar-refractivity contribution in [3.8, 4) is 0 Å². The van der Waals surface area contributed by atoms with E-state index < -0.39 is 15.8 Å². The Kier molecular flexibility index (Phi) is 4.28. The molecule has 1 aromatic carbocycles. The number of sulfone groups is 1. The van der Waals surface area contributed by atoms with Gasteiger partial charge in [0.25, 0.3) is 0 Å². The molecule has 0 amide bonds. The van der Waals surface area contributed by atoms with Crippen molar-refractivity contribution in [2.75, 3.05) is 5.75 Å². The van der Waals surface area contributed by atoms with Gasteiger partial charge in [-0.05, 0) is 44.9 Å². The molecule has 0 unspecified atom stereocenters. The molecule has 6 nitrogen and oxygen atoms in total. The Balaban J connectivity index is 2.79. The summed E-state index contributed by atoms with van der Waals surface area (Å²) in [5.74, 6) is -1.14. The fourth-order valence-corrected chi connectivity index (χ4v) is 4.38. The maximum Gasteiger partial charge on any atom is 0.335 e. The highest BCUT2D eigenvalue weighted by Crippen LogP contribution is 2.33. The summed E-state index contributed by atoms with van der Waals surface area (Å²) >= 11 is 0. The highest BCUT2D eigenvalue weighted by atomic mass is 32.2. The van der Waals surface area contributed by atoms with Gasteiger partial charge in [-0.25, -0.2) is 13.2 Å². The van der Waals surface area contributed by atoms with E-state index in [1.165, 1.54) is 6.07 Å². The van der Waals surface area contributed by atoms with Crippen molar-refractivity contribution in [3.05, 3.63) is 28.3 Å². The van der Waals surface area contributed by atoms with E-state index in [4.69, 9.17) is 4.84 Å². The largest absolute Gasteiger partial charge is 0.478 e. The Morgan fingerprint density at radius 2 is 2.00 bits per heavy atom. The van der Waals surface area contributed by atoms with E-state index in [9.17, 15) is 18.3 Å². The maximum atomic E-state index is 12.4. The van der Waals surface area contributed by atoms with Crippen LogP contribution in [0.3, 0.4) is 0 Å². The van der Waals surface area contributed by atoms with Gasteiger partial charge < -0.3 is 9.94 Å². The van der Waals surface area contributed by atoms with Crippen molar-refractivity contribution in [1.82, 2.24) is 0 Å². The Hall–Kier alpha value is -1.89. The van der Waals surface area contributed by atoms with Gasteiger partial charge in [-0.3, -0.25) is 0 Å². The van der Waals surface area contributed by atoms with Gasteiger partial charge in [0.1, 0.15) is 6.10 Å². The van der Waals surface area contributed by atoms with Gasteiger partial charge in [-0.15, -0.1) is 0 Å². The van der Waals surface area contributed by atoms with Crippen molar-refractivity contribution in [2.45, 2.75) is 45.1 Å². The molecule has 0 fully saturated rings. The highest BCUT2D eigenvalue weighted by molar-refractivity contribution is 7.91. The Morgan fingerprint density at radius 1 is 1.36 bits per heavy atom. The second-order valence-corrected chi connectivity index (χ2v) is 7.68. The molecule has 0 radical (unpaired) electrons. The lowest BCUT2D eigenvalue weighted by Gasteiger charge is -2.23. The molecule has 2 rings (SSSR count). The van der Waals surface area contributed by atoms with Crippen LogP contribution in [0.5, 0.6) is 0 Å². The molecule has 0 spiro atoms. The summed E-state index contributed by atoms with van der Waals surface area (Å²) in [5, 5.41) is 13.4. The van der Waals surface area contributed by atoms with E-state index in [1.54, 1.807) is 13.8 Å². The van der Waals surface area contributed by atoms with E-state index in [-0.39, 0.29) is 28.7 Å². The molecule has 1 N–H and O–H groups in total. The van der Waals surface area contributed by atoms with Gasteiger partial charge in [-0.2, -0.15) is 0 Å². The fraction of sp³-hybridized carbons (Fsp3) is 0.467. The average Bonchev–Trinajstić information content (AvgIpc) is 2.40. The van der Waals surface area contributed by atoms with Gasteiger partial charge in [0, 0.05) is 12.0 Å². The number of aryl methyl sites for hydroxylation is 1. The third-order valence-corrected chi connectivity index (χ3v) is 5.43. The second-order valence-electron chi connectivity index (χ2n) is 5.64. The first kappa shape index (κ1) is 16.5. The van der Waals surface area contributed by atoms with Crippen molar-refractivity contribution in [2.24, 2.45) is 5.16 Å². The molecule has 1 aromatic rings. The number of hydrogen-bond donors (Lipinski definition) is 1. The minimum Gasteiger partial charge on any atom is -0.478 e. The number of oxime groups is 1. The number of hydrogen-bond acceptors (Lipinski definition) is 5. The summed E-state index contributed by atoms with van der Waals surface area (Å²) in [7, 11) is -3.44. The maximum absolute atomic E-state index is 12.4. The molecule has 1 aliphatic heterocycles. The predicted molar refractivity (Wildman–Crippen MR) is 82.3 cm³/mol. The number of rotatable bonds is 3. The molecule has 0 aliphatic carbocycles. The highest BCUT2D eigenvalue weighted by Gasteiger charge is 2.33. The first-order valence-corrected chi connectivity index (χ1v) is 8.63. The summed E-state index contributed by atoms with van der Waals surface area (Å²) in [6.45, 7) is 6.84. The zero-order valence-electron chi connectivity index (χ0n) is 13.0. The standard InChI is InChI=1S/C15H19NO5S/c1-8(2)21-16-12-5-6-22(19,20)14-9(3)7-11(15(17)18)10(4)13(12)14/h7-8H,5-6H2,1-4H3,(H,17,18)/b16-12-. The van der Waals surface area contributed by atoms with Gasteiger partial charge in [0.2, 0.25) is 0 Å². The van der Waals surface area contributed by atoms with E-state index in [0.29, 0.717) is 22.4 Å². The van der Waals surface area contributed by atoms with Crippen LogP contribution in [0.25, 0.3) is 0 Å². The number of nitrogens with zero attached hydrogens (tertiary/aromatic N) is 1. The van der Waals surface area contributed by atoms with Crippen molar-refractivity contribution in [3.63, 3.8) is 0 Å². The predicted octanol–water partition coefficient (Wildman–Crippen LogP) is 2.31. The van der Waals surface area contributed by atoms with Crippen LogP contribution >= 0.6 is 0 Å². The van der Waals surface area contributed by atoms with E-state index in [2.05, 4.69) is 5.16 Å². The van der Waals surface area contributed by atoms with E-state index in [1.807, 2.05) is 13.8 Å². The second kappa shape index (κ2) is 5.72. The fourth-order valence-electron chi connectivity index (χ4n) is 2.58. The van der Waals surface area contributed by atoms with Gasteiger partial charge in [0.15, 0.2) is 9.84 Å². The first-order valence-electron chi connectivity index (χ1n) is 6.98. The molecule has 0 saturated heterocycles. The Bertz CT molecular complexity index is 763. The number of fused-ring (bicyclic) bond motifs is 1. The molecule has 1 heterocycles. The number of aromatic carboxylic acids is 1. The van der Waals surface area contributed by atoms with Crippen LogP contribution in [0.1, 0.15) is 47.3 Å². The van der Waals surface area contributed by atoms with Crippen LogP contribution < -0.4 is 0 Å². The molecule has 7 heteroatoms. The lowest BCUT2D eigenvalue weighted by atomic mass is 9.94. The smallest absolute Gasteiger partial charge is 0.335 e. The Morgan fingerprint density at radius 3 is 2.55 bits per heavy atom. The van der Waals surface area contributed by atoms with Gasteiger partial charge >= 0.3 is 5.97 Å². The SMILES string of the molecule is Cc1cc(C(=O)O)c(C)c2c1S(=O)(=O)CC/C2=N/OC(C)C. The van der Waals surface area contributed by atoms with Crippen molar-refractivity contribution in [1.29, 1.82) is 0 Å². The minimum atomic E-state index is -3.44. The zero-order valence-corrected chi connectivity index (χ0v) is 13.8. The molecule has 0 bridgehead atoms. The summed E-state index contributed by atoms with van der Waals surface area (Å²) in [6.07, 6.45) is 0.0735. The van der Waals surface area contributed by atoms with Crippen LogP contribution in [0.4, 0.5) is 0 Å². The lowest BCUT2D eigenvalue weighted by molar-refractivity contribution is 0.0695. The van der Waals surface area contributed by atoms with Crippen LogP contribution in [0.15, 0.2) is 16.1 Å². The number of carboxylic acid groups (broad SMARTS) is 1. The van der Waals surface area contributed by atoms with E-state index in [0.717, 1.165) is 0 Å². The van der Waals surface area contributed by atoms with Crippen molar-refractivity contribution >= 4 is 21.5 Å². The monoisotopic (exact) mass is 325 g/mol. The first-order chi connectivity index (χ1) is 10.1. The summed E-state index contributed by atoms with van der Waals surface area (Å²) in [5.41, 5.74) is 1.79. The average molecular weight is 325 g/mol. The Labute approximate surface area is 129 Å². The van der Waals surface area contributed by atoms with Crippen molar-refractivity contribution < 1.29 is 23.2 Å². The molecule has 0 saturated carbocycles. The number of benzene rings is 1. The van der Waals surface area contributed by atoms with Gasteiger partial charge in [-0.1, -0.05) is 5.16 Å². The van der Waals surface area contributed by atoms with Crippen LogP contribution in [-0.2, 0) is 14.7 Å². The molecular formula is C15H19NO5S. The molecule has 1 aliphatic rings. The van der Waals surface area contributed by atoms with Crippen LogP contribution in [0.2, 0.25) is 0 Å². The summed E-state index contributed by atoms with van der Waals surface area (Å²) in [4.78, 5) is 16.8. The summed E-state index contributed by atoms with van der Waals surface area (Å²) < 4.78 is 24.7. The molecular weight excluding hydrogens is 306 g/mol. The zero-order chi connectivity index (χ0) is 16.7. The molecule has 0 aromatic heterocycles.